The Balaban J connectivity index is 2.00. The maximum atomic E-state index is 11.4. The molecule has 1 aliphatic heterocycles. The highest BCUT2D eigenvalue weighted by Gasteiger charge is 2.42. The van der Waals surface area contributed by atoms with Gasteiger partial charge in [-0.2, -0.15) is 0 Å². The van der Waals surface area contributed by atoms with Crippen LogP contribution in [-0.2, 0) is 9.59 Å². The second-order valence-electron chi connectivity index (χ2n) is 5.91. The third-order valence-corrected chi connectivity index (χ3v) is 4.38. The second-order valence-corrected chi connectivity index (χ2v) is 5.91. The quantitative estimate of drug-likeness (QED) is 0.693. The maximum Gasteiger partial charge on any atom is 0.227 e. The van der Waals surface area contributed by atoms with Crippen molar-refractivity contribution in [3.63, 3.8) is 0 Å². The Bertz CT molecular complexity index is 283. The summed E-state index contributed by atoms with van der Waals surface area (Å²) in [6.07, 6.45) is 5.58. The van der Waals surface area contributed by atoms with E-state index < -0.39 is 0 Å². The molecule has 0 aromatic carbocycles. The van der Waals surface area contributed by atoms with Crippen LogP contribution >= 0.6 is 0 Å². The van der Waals surface area contributed by atoms with E-state index in [2.05, 4.69) is 19.2 Å². The molecular weight excluding hydrogens is 202 g/mol. The number of rotatable bonds is 1. The van der Waals surface area contributed by atoms with Crippen molar-refractivity contribution in [3.05, 3.63) is 0 Å². The number of imide groups is 1. The van der Waals surface area contributed by atoms with E-state index in [9.17, 15) is 9.59 Å². The molecule has 0 unspecified atom stereocenters. The van der Waals surface area contributed by atoms with E-state index in [1.165, 1.54) is 12.8 Å². The molecular formula is C13H21NO2. The minimum atomic E-state index is -0.0701. The van der Waals surface area contributed by atoms with Crippen molar-refractivity contribution in [3.8, 4) is 0 Å². The van der Waals surface area contributed by atoms with Crippen molar-refractivity contribution in [1.29, 1.82) is 0 Å². The monoisotopic (exact) mass is 223 g/mol. The van der Waals surface area contributed by atoms with Gasteiger partial charge in [-0.1, -0.05) is 13.8 Å². The summed E-state index contributed by atoms with van der Waals surface area (Å²) in [5, 5.41) is 2.41. The van der Waals surface area contributed by atoms with Crippen molar-refractivity contribution in [1.82, 2.24) is 5.32 Å². The molecule has 2 fully saturated rings. The molecule has 0 radical (unpaired) electrons. The van der Waals surface area contributed by atoms with Crippen LogP contribution in [0.2, 0.25) is 0 Å². The zero-order chi connectivity index (χ0) is 11.8. The Morgan fingerprint density at radius 3 is 2.06 bits per heavy atom. The van der Waals surface area contributed by atoms with Crippen LogP contribution in [0.15, 0.2) is 0 Å². The molecule has 2 aliphatic rings. The predicted octanol–water partition coefficient (Wildman–Crippen LogP) is 2.26. The van der Waals surface area contributed by atoms with Crippen LogP contribution in [0.1, 0.15) is 52.4 Å². The molecule has 2 amide bonds. The first kappa shape index (κ1) is 11.6. The van der Waals surface area contributed by atoms with Gasteiger partial charge in [0.05, 0.1) is 0 Å². The van der Waals surface area contributed by atoms with Gasteiger partial charge in [-0.15, -0.1) is 0 Å². The molecule has 1 aliphatic carbocycles. The van der Waals surface area contributed by atoms with Gasteiger partial charge >= 0.3 is 0 Å². The highest BCUT2D eigenvalue weighted by molar-refractivity contribution is 5.98. The lowest BCUT2D eigenvalue weighted by molar-refractivity contribution is -0.139. The highest BCUT2D eigenvalue weighted by atomic mass is 16.2. The summed E-state index contributed by atoms with van der Waals surface area (Å²) in [6, 6.07) is 0. The van der Waals surface area contributed by atoms with Crippen LogP contribution in [0.3, 0.4) is 0 Å². The van der Waals surface area contributed by atoms with Crippen molar-refractivity contribution < 1.29 is 9.59 Å². The second kappa shape index (κ2) is 4.19. The first-order valence-corrected chi connectivity index (χ1v) is 6.33. The molecule has 90 valence electrons. The number of piperidine rings is 1. The number of amides is 2. The van der Waals surface area contributed by atoms with Gasteiger partial charge in [-0.25, -0.2) is 0 Å². The van der Waals surface area contributed by atoms with Gasteiger partial charge in [0.25, 0.3) is 0 Å². The first-order chi connectivity index (χ1) is 7.51. The summed E-state index contributed by atoms with van der Waals surface area (Å²) in [6.45, 7) is 4.53. The lowest BCUT2D eigenvalue weighted by atomic mass is 9.64. The van der Waals surface area contributed by atoms with E-state index in [0.717, 1.165) is 24.7 Å². The van der Waals surface area contributed by atoms with Crippen LogP contribution in [-0.4, -0.2) is 11.8 Å². The molecule has 1 saturated heterocycles. The van der Waals surface area contributed by atoms with E-state index in [0.29, 0.717) is 12.8 Å². The summed E-state index contributed by atoms with van der Waals surface area (Å²) in [4.78, 5) is 22.9. The Labute approximate surface area is 97.0 Å². The van der Waals surface area contributed by atoms with Gasteiger partial charge in [-0.3, -0.25) is 14.9 Å². The lowest BCUT2D eigenvalue weighted by Gasteiger charge is -2.42. The van der Waals surface area contributed by atoms with E-state index in [-0.39, 0.29) is 17.2 Å². The fraction of sp³-hybridized carbons (Fsp3) is 0.846. The van der Waals surface area contributed by atoms with E-state index in [1.807, 2.05) is 0 Å². The maximum absolute atomic E-state index is 11.4. The van der Waals surface area contributed by atoms with Crippen molar-refractivity contribution in [2.45, 2.75) is 52.4 Å². The minimum absolute atomic E-state index is 0.00477. The van der Waals surface area contributed by atoms with E-state index >= 15 is 0 Å². The van der Waals surface area contributed by atoms with Gasteiger partial charge in [-0.05, 0) is 42.9 Å². The standard InChI is InChI=1S/C13H21NO2/c1-9(2)10-3-5-13(6-4-10)7-11(15)14-12(16)8-13/h9-10H,3-8H2,1-2H3,(H,14,15,16). The molecule has 0 aromatic heterocycles. The topological polar surface area (TPSA) is 46.2 Å². The van der Waals surface area contributed by atoms with E-state index in [1.54, 1.807) is 0 Å². The summed E-state index contributed by atoms with van der Waals surface area (Å²) in [5.74, 6) is 1.37. The largest absolute Gasteiger partial charge is 0.296 e. The zero-order valence-corrected chi connectivity index (χ0v) is 10.2. The van der Waals surface area contributed by atoms with Crippen LogP contribution in [0, 0.1) is 17.3 Å². The molecule has 1 heterocycles. The molecule has 16 heavy (non-hydrogen) atoms. The van der Waals surface area contributed by atoms with Crippen molar-refractivity contribution >= 4 is 11.8 Å². The molecule has 1 N–H and O–H groups in total. The zero-order valence-electron chi connectivity index (χ0n) is 10.2. The van der Waals surface area contributed by atoms with Crippen molar-refractivity contribution in [2.75, 3.05) is 0 Å². The highest BCUT2D eigenvalue weighted by Crippen LogP contribution is 2.47. The normalized spacial score (nSPS) is 26.2. The Kier molecular flexibility index (Phi) is 3.04. The Morgan fingerprint density at radius 2 is 1.62 bits per heavy atom. The lowest BCUT2D eigenvalue weighted by Crippen LogP contribution is -2.46. The average molecular weight is 223 g/mol. The Hall–Kier alpha value is -0.860. The molecule has 0 atom stereocenters. The molecule has 1 spiro atoms. The first-order valence-electron chi connectivity index (χ1n) is 6.33. The van der Waals surface area contributed by atoms with Crippen LogP contribution in [0.4, 0.5) is 0 Å². The smallest absolute Gasteiger partial charge is 0.227 e. The van der Waals surface area contributed by atoms with Gasteiger partial charge in [0.15, 0.2) is 0 Å². The molecule has 3 nitrogen and oxygen atoms in total. The summed E-state index contributed by atoms with van der Waals surface area (Å²) in [7, 11) is 0. The number of nitrogens with one attached hydrogen (secondary N) is 1. The summed E-state index contributed by atoms with van der Waals surface area (Å²) >= 11 is 0. The van der Waals surface area contributed by atoms with Crippen molar-refractivity contribution in [2.24, 2.45) is 17.3 Å². The third-order valence-electron chi connectivity index (χ3n) is 4.38. The number of carbonyl (C=O) groups is 2. The van der Waals surface area contributed by atoms with Crippen LogP contribution < -0.4 is 5.32 Å². The van der Waals surface area contributed by atoms with Crippen LogP contribution in [0.25, 0.3) is 0 Å². The van der Waals surface area contributed by atoms with E-state index in [4.69, 9.17) is 0 Å². The number of hydrogen-bond acceptors (Lipinski definition) is 2. The molecule has 0 bridgehead atoms. The predicted molar refractivity (Wildman–Crippen MR) is 61.6 cm³/mol. The molecule has 2 rings (SSSR count). The SMILES string of the molecule is CC(C)C1CCC2(CC1)CC(=O)NC(=O)C2. The molecule has 0 aromatic rings. The van der Waals surface area contributed by atoms with Gasteiger partial charge in [0, 0.05) is 12.8 Å². The minimum Gasteiger partial charge on any atom is -0.296 e. The third kappa shape index (κ3) is 2.28. The van der Waals surface area contributed by atoms with Gasteiger partial charge in [0.1, 0.15) is 0 Å². The van der Waals surface area contributed by atoms with Gasteiger partial charge in [0.2, 0.25) is 11.8 Å². The molecule has 1 saturated carbocycles. The number of carbonyl (C=O) groups excluding carboxylic acids is 2. The van der Waals surface area contributed by atoms with Gasteiger partial charge < -0.3 is 0 Å². The summed E-state index contributed by atoms with van der Waals surface area (Å²) in [5.41, 5.74) is 0.00477. The van der Waals surface area contributed by atoms with Crippen LogP contribution in [0.5, 0.6) is 0 Å². The fourth-order valence-corrected chi connectivity index (χ4v) is 3.26. The molecule has 3 heteroatoms. The fourth-order valence-electron chi connectivity index (χ4n) is 3.26. The Morgan fingerprint density at radius 1 is 1.12 bits per heavy atom. The average Bonchev–Trinajstić information content (AvgIpc) is 2.16. The number of hydrogen-bond donors (Lipinski definition) is 1. The summed E-state index contributed by atoms with van der Waals surface area (Å²) < 4.78 is 0.